The van der Waals surface area contributed by atoms with Crippen LogP contribution in [0.1, 0.15) is 31.4 Å². The number of amides is 1. The van der Waals surface area contributed by atoms with Crippen LogP contribution in [0.2, 0.25) is 0 Å². The first-order valence-electron chi connectivity index (χ1n) is 8.64. The van der Waals surface area contributed by atoms with Gasteiger partial charge in [-0.1, -0.05) is 0 Å². The van der Waals surface area contributed by atoms with Gasteiger partial charge in [0.15, 0.2) is 0 Å². The molecule has 0 aromatic heterocycles. The number of hydrogen-bond donors (Lipinski definition) is 1. The van der Waals surface area contributed by atoms with Gasteiger partial charge in [-0.3, -0.25) is 9.59 Å². The normalized spacial score (nSPS) is 21.2. The molecule has 0 aliphatic carbocycles. The number of aliphatic carboxylic acids is 1. The molecule has 0 bridgehead atoms. The number of carbonyl (C=O) groups excluding carboxylic acids is 1. The third kappa shape index (κ3) is 4.30. The summed E-state index contributed by atoms with van der Waals surface area (Å²) >= 11 is 0. The highest BCUT2D eigenvalue weighted by molar-refractivity contribution is 5.93. The monoisotopic (exact) mass is 381 g/mol. The molecule has 1 fully saturated rings. The smallest absolute Gasteiger partial charge is 0.308 e. The largest absolute Gasteiger partial charge is 0.493 e. The molecule has 1 aromatic rings. The second kappa shape index (κ2) is 8.45. The molecule has 6 nitrogen and oxygen atoms in total. The van der Waals surface area contributed by atoms with Crippen LogP contribution in [-0.2, 0) is 16.0 Å². The van der Waals surface area contributed by atoms with Crippen LogP contribution in [0, 0.1) is 5.92 Å². The Hall–Kier alpha value is -2.21. The van der Waals surface area contributed by atoms with Gasteiger partial charge in [-0.2, -0.15) is 0 Å². The lowest BCUT2D eigenvalue weighted by Gasteiger charge is -2.13. The van der Waals surface area contributed by atoms with E-state index in [1.54, 1.807) is 11.0 Å². The van der Waals surface area contributed by atoms with Crippen molar-refractivity contribution in [3.63, 3.8) is 0 Å². The summed E-state index contributed by atoms with van der Waals surface area (Å²) in [4.78, 5) is 24.9. The first-order valence-corrected chi connectivity index (χ1v) is 8.64. The van der Waals surface area contributed by atoms with Crippen LogP contribution in [0.5, 0.6) is 11.5 Å². The number of carboxylic acids is 1. The zero-order chi connectivity index (χ0) is 18.0. The Balaban J connectivity index is 0.00000243. The van der Waals surface area contributed by atoms with Gasteiger partial charge in [0.25, 0.3) is 0 Å². The molecule has 2 heterocycles. The molecule has 2 aliphatic rings. The van der Waals surface area contributed by atoms with Crippen LogP contribution in [-0.4, -0.2) is 47.7 Å². The molecule has 0 spiro atoms. The van der Waals surface area contributed by atoms with E-state index in [0.29, 0.717) is 19.6 Å². The fourth-order valence-corrected chi connectivity index (χ4v) is 3.29. The summed E-state index contributed by atoms with van der Waals surface area (Å²) in [7, 11) is 0. The minimum atomic E-state index is -0.845. The predicted octanol–water partition coefficient (Wildman–Crippen LogP) is 2.78. The van der Waals surface area contributed by atoms with Crippen molar-refractivity contribution in [3.8, 4) is 11.5 Å². The number of rotatable bonds is 5. The van der Waals surface area contributed by atoms with E-state index in [2.05, 4.69) is 0 Å². The van der Waals surface area contributed by atoms with E-state index in [1.807, 2.05) is 26.0 Å². The van der Waals surface area contributed by atoms with Gasteiger partial charge in [0.1, 0.15) is 17.6 Å². The molecule has 1 N–H and O–H groups in total. The van der Waals surface area contributed by atoms with Crippen molar-refractivity contribution in [1.29, 1.82) is 0 Å². The highest BCUT2D eigenvalue weighted by Crippen LogP contribution is 2.35. The Morgan fingerprint density at radius 1 is 1.42 bits per heavy atom. The van der Waals surface area contributed by atoms with E-state index in [9.17, 15) is 9.59 Å². The minimum absolute atomic E-state index is 0. The molecule has 0 saturated carbocycles. The second-order valence-electron chi connectivity index (χ2n) is 6.50. The van der Waals surface area contributed by atoms with Crippen molar-refractivity contribution in [2.24, 2.45) is 5.92 Å². The van der Waals surface area contributed by atoms with Crippen LogP contribution < -0.4 is 9.47 Å². The zero-order valence-corrected chi connectivity index (χ0v) is 15.8. The number of nitrogens with zero attached hydrogens (tertiary/aromatic N) is 1. The molecule has 3 rings (SSSR count). The van der Waals surface area contributed by atoms with Gasteiger partial charge in [-0.15, -0.1) is 12.4 Å². The van der Waals surface area contributed by atoms with Gasteiger partial charge in [0.05, 0.1) is 12.5 Å². The fraction of sp³-hybridized carbons (Fsp3) is 0.474. The summed E-state index contributed by atoms with van der Waals surface area (Å²) in [6.07, 6.45) is 4.69. The van der Waals surface area contributed by atoms with Crippen LogP contribution in [0.25, 0.3) is 6.08 Å². The minimum Gasteiger partial charge on any atom is -0.493 e. The average molecular weight is 382 g/mol. The van der Waals surface area contributed by atoms with Gasteiger partial charge in [-0.25, -0.2) is 0 Å². The van der Waals surface area contributed by atoms with Gasteiger partial charge in [0.2, 0.25) is 5.91 Å². The Labute approximate surface area is 159 Å². The van der Waals surface area contributed by atoms with Crippen molar-refractivity contribution in [1.82, 2.24) is 4.90 Å². The van der Waals surface area contributed by atoms with Crippen molar-refractivity contribution in [2.75, 3.05) is 19.7 Å². The van der Waals surface area contributed by atoms with E-state index >= 15 is 0 Å². The quantitative estimate of drug-likeness (QED) is 0.794. The SMILES string of the molecule is CCOc1cc2c(cc1/C=C/C(=O)N1CCC(C(=O)O)C1)OC(C)C2.Cl. The van der Waals surface area contributed by atoms with Crippen molar-refractivity contribution in [2.45, 2.75) is 32.8 Å². The lowest BCUT2D eigenvalue weighted by Crippen LogP contribution is -2.28. The molecule has 1 saturated heterocycles. The number of likely N-dealkylation sites (tertiary alicyclic amines) is 1. The highest BCUT2D eigenvalue weighted by atomic mass is 35.5. The van der Waals surface area contributed by atoms with Gasteiger partial charge < -0.3 is 19.5 Å². The lowest BCUT2D eigenvalue weighted by molar-refractivity contribution is -0.141. The summed E-state index contributed by atoms with van der Waals surface area (Å²) in [5, 5.41) is 9.04. The summed E-state index contributed by atoms with van der Waals surface area (Å²) in [5.41, 5.74) is 1.90. The maximum absolute atomic E-state index is 12.3. The summed E-state index contributed by atoms with van der Waals surface area (Å²) in [6.45, 7) is 5.22. The molecule has 0 radical (unpaired) electrons. The number of carboxylic acid groups (broad SMARTS) is 1. The van der Waals surface area contributed by atoms with Crippen LogP contribution >= 0.6 is 12.4 Å². The summed E-state index contributed by atoms with van der Waals surface area (Å²) < 4.78 is 11.5. The molecule has 26 heavy (non-hydrogen) atoms. The molecule has 142 valence electrons. The van der Waals surface area contributed by atoms with E-state index < -0.39 is 11.9 Å². The molecule has 2 aliphatic heterocycles. The maximum Gasteiger partial charge on any atom is 0.308 e. The lowest BCUT2D eigenvalue weighted by atomic mass is 10.1. The van der Waals surface area contributed by atoms with E-state index in [-0.39, 0.29) is 31.0 Å². The Bertz CT molecular complexity index is 718. The number of benzene rings is 1. The molecular formula is C19H24ClNO5. The molecule has 1 aromatic carbocycles. The predicted molar refractivity (Wildman–Crippen MR) is 100 cm³/mol. The van der Waals surface area contributed by atoms with Gasteiger partial charge in [-0.05, 0) is 38.5 Å². The molecule has 2 atom stereocenters. The Kier molecular flexibility index (Phi) is 6.53. The third-order valence-corrected chi connectivity index (χ3v) is 4.58. The highest BCUT2D eigenvalue weighted by Gasteiger charge is 2.30. The first kappa shape index (κ1) is 20.1. The molecule has 2 unspecified atom stereocenters. The van der Waals surface area contributed by atoms with Gasteiger partial charge in [0, 0.05) is 36.7 Å². The molecule has 7 heteroatoms. The van der Waals surface area contributed by atoms with Crippen molar-refractivity contribution >= 4 is 30.4 Å². The number of fused-ring (bicyclic) bond motifs is 1. The van der Waals surface area contributed by atoms with Crippen molar-refractivity contribution in [3.05, 3.63) is 29.3 Å². The summed E-state index contributed by atoms with van der Waals surface area (Å²) in [5.74, 6) is 0.0676. The number of ether oxygens (including phenoxy) is 2. The van der Waals surface area contributed by atoms with E-state index in [4.69, 9.17) is 14.6 Å². The topological polar surface area (TPSA) is 76.1 Å². The Morgan fingerprint density at radius 3 is 2.85 bits per heavy atom. The molecular weight excluding hydrogens is 358 g/mol. The number of halogens is 1. The van der Waals surface area contributed by atoms with E-state index in [0.717, 1.165) is 29.0 Å². The first-order chi connectivity index (χ1) is 12.0. The van der Waals surface area contributed by atoms with Crippen molar-refractivity contribution < 1.29 is 24.2 Å². The van der Waals surface area contributed by atoms with Crippen LogP contribution in [0.15, 0.2) is 18.2 Å². The fourth-order valence-electron chi connectivity index (χ4n) is 3.29. The zero-order valence-electron chi connectivity index (χ0n) is 14.9. The second-order valence-corrected chi connectivity index (χ2v) is 6.50. The third-order valence-electron chi connectivity index (χ3n) is 4.58. The average Bonchev–Trinajstić information content (AvgIpc) is 3.18. The van der Waals surface area contributed by atoms with Crippen LogP contribution in [0.3, 0.4) is 0 Å². The van der Waals surface area contributed by atoms with E-state index in [1.165, 1.54) is 6.08 Å². The number of carbonyl (C=O) groups is 2. The maximum atomic E-state index is 12.3. The summed E-state index contributed by atoms with van der Waals surface area (Å²) in [6, 6.07) is 3.88. The van der Waals surface area contributed by atoms with Gasteiger partial charge >= 0.3 is 5.97 Å². The Morgan fingerprint density at radius 2 is 2.19 bits per heavy atom. The number of hydrogen-bond acceptors (Lipinski definition) is 4. The van der Waals surface area contributed by atoms with Crippen LogP contribution in [0.4, 0.5) is 0 Å². The molecule has 1 amide bonds. The standard InChI is InChI=1S/C19H23NO5.ClH/c1-3-24-16-10-15-8-12(2)25-17(15)9-13(16)4-5-18(21)20-7-6-14(11-20)19(22)23;/h4-5,9-10,12,14H,3,6-8,11H2,1-2H3,(H,22,23);1H/b5-4+;.